The van der Waals surface area contributed by atoms with E-state index < -0.39 is 29.6 Å². The van der Waals surface area contributed by atoms with Gasteiger partial charge in [-0.2, -0.15) is 0 Å². The van der Waals surface area contributed by atoms with Crippen molar-refractivity contribution in [3.63, 3.8) is 0 Å². The molecule has 0 bridgehead atoms. The Balaban J connectivity index is 2.01. The lowest BCUT2D eigenvalue weighted by Crippen LogP contribution is -2.50. The minimum Gasteiger partial charge on any atom is -0.391 e. The lowest BCUT2D eigenvalue weighted by molar-refractivity contribution is -0.137. The summed E-state index contributed by atoms with van der Waals surface area (Å²) in [4.78, 5) is 11.8. The van der Waals surface area contributed by atoms with Crippen LogP contribution in [0.3, 0.4) is 0 Å². The number of halogens is 1. The standard InChI is InChI=1S/C18H27FN2O3/c19-13-6-4-5-12(9-13)10-15(20)16(22)11-14(17(21)23)18(24)7-2-1-3-8-18/h4-6,9,14-16,22,24H,1-3,7-8,10-11,20H2,(H2,21,23). The number of aliphatic hydroxyl groups excluding tert-OH is 1. The molecule has 0 aromatic heterocycles. The van der Waals surface area contributed by atoms with Crippen molar-refractivity contribution >= 4 is 5.91 Å². The van der Waals surface area contributed by atoms with E-state index in [1.165, 1.54) is 12.1 Å². The lowest BCUT2D eigenvalue weighted by atomic mass is 9.72. The Hall–Kier alpha value is -1.50. The molecule has 0 heterocycles. The van der Waals surface area contributed by atoms with Gasteiger partial charge in [0.25, 0.3) is 0 Å². The van der Waals surface area contributed by atoms with E-state index in [-0.39, 0.29) is 18.7 Å². The molecule has 1 fully saturated rings. The van der Waals surface area contributed by atoms with Gasteiger partial charge in [-0.05, 0) is 43.4 Å². The van der Waals surface area contributed by atoms with Crippen LogP contribution in [0.15, 0.2) is 24.3 Å². The fraction of sp³-hybridized carbons (Fsp3) is 0.611. The molecule has 6 N–H and O–H groups in total. The zero-order chi connectivity index (χ0) is 17.7. The van der Waals surface area contributed by atoms with E-state index in [2.05, 4.69) is 0 Å². The van der Waals surface area contributed by atoms with E-state index >= 15 is 0 Å². The molecule has 1 saturated carbocycles. The molecule has 2 rings (SSSR count). The number of primary amides is 1. The Labute approximate surface area is 141 Å². The molecule has 3 unspecified atom stereocenters. The number of carbonyl (C=O) groups is 1. The third-order valence-corrected chi connectivity index (χ3v) is 5.04. The number of rotatable bonds is 7. The molecule has 1 amide bonds. The first kappa shape index (κ1) is 18.8. The first-order valence-electron chi connectivity index (χ1n) is 8.51. The van der Waals surface area contributed by atoms with Crippen molar-refractivity contribution in [3.8, 4) is 0 Å². The Morgan fingerprint density at radius 3 is 2.54 bits per heavy atom. The zero-order valence-electron chi connectivity index (χ0n) is 13.8. The number of amides is 1. The quantitative estimate of drug-likeness (QED) is 0.599. The number of nitrogens with two attached hydrogens (primary N) is 2. The van der Waals surface area contributed by atoms with Crippen molar-refractivity contribution in [1.29, 1.82) is 0 Å². The van der Waals surface area contributed by atoms with Crippen molar-refractivity contribution in [2.45, 2.75) is 62.7 Å². The highest BCUT2D eigenvalue weighted by atomic mass is 19.1. The van der Waals surface area contributed by atoms with E-state index in [1.54, 1.807) is 12.1 Å². The van der Waals surface area contributed by atoms with Gasteiger partial charge in [0.15, 0.2) is 0 Å². The van der Waals surface area contributed by atoms with Crippen LogP contribution in [0.2, 0.25) is 0 Å². The van der Waals surface area contributed by atoms with Crippen molar-refractivity contribution < 1.29 is 19.4 Å². The maximum Gasteiger partial charge on any atom is 0.223 e. The van der Waals surface area contributed by atoms with Gasteiger partial charge in [0.2, 0.25) is 5.91 Å². The van der Waals surface area contributed by atoms with Gasteiger partial charge in [-0.25, -0.2) is 4.39 Å². The Kier molecular flexibility index (Phi) is 6.32. The monoisotopic (exact) mass is 338 g/mol. The summed E-state index contributed by atoms with van der Waals surface area (Å²) in [5.74, 6) is -1.80. The lowest BCUT2D eigenvalue weighted by Gasteiger charge is -2.39. The Bertz CT molecular complexity index is 561. The summed E-state index contributed by atoms with van der Waals surface area (Å²) >= 11 is 0. The topological polar surface area (TPSA) is 110 Å². The van der Waals surface area contributed by atoms with Crippen LogP contribution >= 0.6 is 0 Å². The molecule has 6 heteroatoms. The fourth-order valence-corrected chi connectivity index (χ4v) is 3.60. The van der Waals surface area contributed by atoms with Crippen LogP contribution in [0.4, 0.5) is 4.39 Å². The van der Waals surface area contributed by atoms with Gasteiger partial charge >= 0.3 is 0 Å². The van der Waals surface area contributed by atoms with Crippen molar-refractivity contribution in [1.82, 2.24) is 0 Å². The van der Waals surface area contributed by atoms with Crippen LogP contribution < -0.4 is 11.5 Å². The van der Waals surface area contributed by atoms with Gasteiger partial charge in [-0.1, -0.05) is 31.4 Å². The summed E-state index contributed by atoms with van der Waals surface area (Å²) in [6.45, 7) is 0. The van der Waals surface area contributed by atoms with Crippen molar-refractivity contribution in [2.24, 2.45) is 17.4 Å². The highest BCUT2D eigenvalue weighted by molar-refractivity contribution is 5.78. The summed E-state index contributed by atoms with van der Waals surface area (Å²) in [5.41, 5.74) is 11.0. The number of benzene rings is 1. The van der Waals surface area contributed by atoms with E-state index in [1.807, 2.05) is 0 Å². The average molecular weight is 338 g/mol. The maximum atomic E-state index is 13.2. The van der Waals surface area contributed by atoms with Crippen LogP contribution in [-0.4, -0.2) is 33.9 Å². The molecule has 134 valence electrons. The second kappa shape index (κ2) is 8.05. The second-order valence-electron chi connectivity index (χ2n) is 6.92. The predicted octanol–water partition coefficient (Wildman–Crippen LogP) is 1.24. The van der Waals surface area contributed by atoms with Crippen molar-refractivity contribution in [2.75, 3.05) is 0 Å². The normalized spacial score (nSPS) is 21.0. The van der Waals surface area contributed by atoms with E-state index in [4.69, 9.17) is 11.5 Å². The summed E-state index contributed by atoms with van der Waals surface area (Å²) in [6, 6.07) is 5.36. The first-order chi connectivity index (χ1) is 11.3. The number of carbonyl (C=O) groups excluding carboxylic acids is 1. The average Bonchev–Trinajstić information content (AvgIpc) is 2.52. The van der Waals surface area contributed by atoms with Crippen LogP contribution in [0.1, 0.15) is 44.1 Å². The third kappa shape index (κ3) is 4.75. The molecule has 0 aliphatic heterocycles. The van der Waals surface area contributed by atoms with Crippen LogP contribution in [-0.2, 0) is 11.2 Å². The molecule has 5 nitrogen and oxygen atoms in total. The van der Waals surface area contributed by atoms with Crippen LogP contribution in [0.5, 0.6) is 0 Å². The minimum atomic E-state index is -1.16. The molecule has 24 heavy (non-hydrogen) atoms. The van der Waals surface area contributed by atoms with Gasteiger partial charge in [-0.3, -0.25) is 4.79 Å². The SMILES string of the molecule is NC(=O)C(CC(O)C(N)Cc1cccc(F)c1)C1(O)CCCCC1. The minimum absolute atomic E-state index is 0.0162. The molecule has 1 aromatic carbocycles. The van der Waals surface area contributed by atoms with Crippen LogP contribution in [0.25, 0.3) is 0 Å². The van der Waals surface area contributed by atoms with Gasteiger partial charge in [0.05, 0.1) is 17.6 Å². The van der Waals surface area contributed by atoms with Crippen LogP contribution in [0, 0.1) is 11.7 Å². The Morgan fingerprint density at radius 2 is 1.96 bits per heavy atom. The molecule has 1 aliphatic rings. The molecule has 0 spiro atoms. The summed E-state index contributed by atoms with van der Waals surface area (Å²) < 4.78 is 13.2. The number of hydrogen-bond donors (Lipinski definition) is 4. The summed E-state index contributed by atoms with van der Waals surface area (Å²) in [5, 5.41) is 21.1. The zero-order valence-corrected chi connectivity index (χ0v) is 13.8. The number of aliphatic hydroxyl groups is 2. The molecule has 1 aliphatic carbocycles. The summed E-state index contributed by atoms with van der Waals surface area (Å²) in [7, 11) is 0. The van der Waals surface area contributed by atoms with Gasteiger partial charge in [-0.15, -0.1) is 0 Å². The fourth-order valence-electron chi connectivity index (χ4n) is 3.60. The molecule has 0 radical (unpaired) electrons. The van der Waals surface area contributed by atoms with Gasteiger partial charge in [0.1, 0.15) is 5.82 Å². The molecule has 0 saturated heterocycles. The second-order valence-corrected chi connectivity index (χ2v) is 6.92. The smallest absolute Gasteiger partial charge is 0.223 e. The number of hydrogen-bond acceptors (Lipinski definition) is 4. The van der Waals surface area contributed by atoms with E-state index in [0.717, 1.165) is 19.3 Å². The highest BCUT2D eigenvalue weighted by Gasteiger charge is 2.42. The summed E-state index contributed by atoms with van der Waals surface area (Å²) in [6.07, 6.45) is 3.01. The van der Waals surface area contributed by atoms with E-state index in [0.29, 0.717) is 18.4 Å². The Morgan fingerprint density at radius 1 is 1.29 bits per heavy atom. The first-order valence-corrected chi connectivity index (χ1v) is 8.51. The van der Waals surface area contributed by atoms with Gasteiger partial charge < -0.3 is 21.7 Å². The third-order valence-electron chi connectivity index (χ3n) is 5.04. The highest BCUT2D eigenvalue weighted by Crippen LogP contribution is 2.36. The van der Waals surface area contributed by atoms with E-state index in [9.17, 15) is 19.4 Å². The van der Waals surface area contributed by atoms with Gasteiger partial charge in [0, 0.05) is 6.04 Å². The molecule has 1 aromatic rings. The predicted molar refractivity (Wildman–Crippen MR) is 89.4 cm³/mol. The maximum absolute atomic E-state index is 13.2. The molecule has 3 atom stereocenters. The largest absolute Gasteiger partial charge is 0.391 e. The molecular weight excluding hydrogens is 311 g/mol. The molecular formula is C18H27FN2O3. The van der Waals surface area contributed by atoms with Crippen molar-refractivity contribution in [3.05, 3.63) is 35.6 Å².